The lowest BCUT2D eigenvalue weighted by Crippen LogP contribution is -2.03. The molecule has 28 rings (SSSR count). The number of thiophene rings is 2. The van der Waals surface area contributed by atoms with E-state index in [1.807, 2.05) is 30.3 Å². The Kier molecular flexibility index (Phi) is 16.8. The number of furan rings is 1. The zero-order chi connectivity index (χ0) is 84.0. The summed E-state index contributed by atoms with van der Waals surface area (Å²) in [5, 5.41) is 22.6. The summed E-state index contributed by atoms with van der Waals surface area (Å²) in [6.07, 6.45) is 0. The van der Waals surface area contributed by atoms with Crippen molar-refractivity contribution in [3.63, 3.8) is 0 Å². The molecule has 0 fully saturated rings. The van der Waals surface area contributed by atoms with E-state index in [2.05, 4.69) is 402 Å². The Morgan fingerprint density at radius 3 is 1.01 bits per heavy atom. The van der Waals surface area contributed by atoms with E-state index in [0.717, 1.165) is 138 Å². The maximum atomic E-state index is 6.27. The van der Waals surface area contributed by atoms with Gasteiger partial charge in [-0.3, -0.25) is 13.7 Å². The smallest absolute Gasteiger partial charge is 0.248 e. The van der Waals surface area contributed by atoms with Crippen molar-refractivity contribution in [2.24, 2.45) is 0 Å². The van der Waals surface area contributed by atoms with E-state index in [9.17, 15) is 0 Å². The maximum Gasteiger partial charge on any atom is 0.248 e. The molecule has 0 saturated heterocycles. The highest BCUT2D eigenvalue weighted by Crippen LogP contribution is 2.46. The summed E-state index contributed by atoms with van der Waals surface area (Å²) in [5.41, 5.74) is 21.0. The largest absolute Gasteiger partial charge is 0.436 e. The van der Waals surface area contributed by atoms with E-state index in [1.54, 1.807) is 22.7 Å². The van der Waals surface area contributed by atoms with Gasteiger partial charge in [-0.15, -0.1) is 22.7 Å². The third-order valence-corrected chi connectivity index (χ3v) is 27.5. The van der Waals surface area contributed by atoms with E-state index < -0.39 is 0 Å². The van der Waals surface area contributed by atoms with Crippen LogP contribution in [0.3, 0.4) is 0 Å². The highest BCUT2D eigenvalue weighted by molar-refractivity contribution is 7.25. The minimum atomic E-state index is 0.530. The van der Waals surface area contributed by atoms with Crippen LogP contribution in [0.25, 0.3) is 256 Å². The first-order valence-electron chi connectivity index (χ1n) is 43.0. The van der Waals surface area contributed by atoms with Crippen LogP contribution in [-0.2, 0) is 0 Å². The quantitative estimate of drug-likeness (QED) is 0.140. The van der Waals surface area contributed by atoms with Crippen molar-refractivity contribution in [3.8, 4) is 73.5 Å². The average Bonchev–Trinajstić information content (AvgIpc) is 1.57. The molecule has 0 atom stereocenters. The van der Waals surface area contributed by atoms with Crippen molar-refractivity contribution in [2.45, 2.75) is 0 Å². The fourth-order valence-corrected chi connectivity index (χ4v) is 21.3. The van der Waals surface area contributed by atoms with Crippen LogP contribution in [0.4, 0.5) is 0 Å². The molecule has 19 aromatic carbocycles. The Balaban J connectivity index is 0.000000102. The van der Waals surface area contributed by atoms with Crippen LogP contribution < -0.4 is 0 Å². The van der Waals surface area contributed by atoms with Crippen LogP contribution in [0, 0.1) is 0 Å². The standard InChI is InChI=1S/C40H23N3S.C38H23N3O.C38H23N3S/c1-2-11-27-23-35-33(21-26(27)10-1)30-13-5-7-15-34(30)43(35)39-37(42-40-38(41-39)31-14-6-8-16-36(31)44-40)28-20-19-25-18-17-24-9-3-4-12-29(24)32(25)22-28;2*1-2-10-24(11-3-1)25-18-20-26(21-19-25)35-37(40-38-36(39-35)30-15-7-9-17-34(30)42-38)41-32-16-8-6-14-29(32)31-22-27-12-4-5-13-28(27)23-33(31)41/h1-23H;2*1-23H. The van der Waals surface area contributed by atoms with Crippen molar-refractivity contribution < 1.29 is 4.42 Å². The zero-order valence-electron chi connectivity index (χ0n) is 68.6. The van der Waals surface area contributed by atoms with Gasteiger partial charge in [0.05, 0.1) is 33.1 Å². The fourth-order valence-electron chi connectivity index (χ4n) is 19.3. The number of benzene rings is 19. The molecular weight excluding hydrogens is 1600 g/mol. The second kappa shape index (κ2) is 29.5. The molecule has 0 bridgehead atoms. The number of para-hydroxylation sites is 4. The van der Waals surface area contributed by atoms with Crippen LogP contribution in [0.15, 0.2) is 423 Å². The van der Waals surface area contributed by atoms with Crippen LogP contribution >= 0.6 is 22.7 Å². The second-order valence-corrected chi connectivity index (χ2v) is 34.8. The summed E-state index contributed by atoms with van der Waals surface area (Å²) in [4.78, 5) is 34.2. The molecule has 0 aliphatic heterocycles. The van der Waals surface area contributed by atoms with Crippen LogP contribution in [-0.4, -0.2) is 43.6 Å². The Morgan fingerprint density at radius 1 is 0.188 bits per heavy atom. The van der Waals surface area contributed by atoms with Crippen molar-refractivity contribution in [2.75, 3.05) is 0 Å². The van der Waals surface area contributed by atoms with Gasteiger partial charge >= 0.3 is 0 Å². The third kappa shape index (κ3) is 12.0. The lowest BCUT2D eigenvalue weighted by molar-refractivity contribution is 0.652. The van der Waals surface area contributed by atoms with Gasteiger partial charge in [-0.25, -0.2) is 24.9 Å². The Hall–Kier alpha value is -16.6. The maximum absolute atomic E-state index is 6.27. The minimum absolute atomic E-state index is 0.530. The number of nitrogens with zero attached hydrogens (tertiary/aromatic N) is 9. The number of fused-ring (bicyclic) bond motifs is 24. The molecular formula is C116H69N9OS2. The molecule has 596 valence electrons. The number of aromatic nitrogens is 9. The van der Waals surface area contributed by atoms with Gasteiger partial charge in [0, 0.05) is 74.6 Å². The van der Waals surface area contributed by atoms with Gasteiger partial charge in [0.2, 0.25) is 5.71 Å². The molecule has 0 radical (unpaired) electrons. The van der Waals surface area contributed by atoms with E-state index in [4.69, 9.17) is 34.3 Å². The highest BCUT2D eigenvalue weighted by Gasteiger charge is 2.27. The zero-order valence-corrected chi connectivity index (χ0v) is 70.2. The van der Waals surface area contributed by atoms with Gasteiger partial charge in [0.25, 0.3) is 0 Å². The third-order valence-electron chi connectivity index (χ3n) is 25.4. The Labute approximate surface area is 739 Å². The SMILES string of the molecule is c1ccc(-c2ccc(-c3nc4c(nc3-n3c5ccccc5c5cc6ccccc6cc53)oc3ccccc34)cc2)cc1.c1ccc(-c2ccc(-c3nc4c(nc3-n3c5ccccc5c5cc6ccccc6cc53)sc3ccccc34)cc2)cc1.c1ccc2cc3c(cc2c1)c1ccccc1n3-c1nc2c(nc1-c1ccc3ccc4ccccc4c3c1)sc1ccccc12. The molecule has 0 spiro atoms. The molecule has 0 aliphatic carbocycles. The van der Waals surface area contributed by atoms with Crippen molar-refractivity contribution >= 4 is 205 Å². The lowest BCUT2D eigenvalue weighted by Gasteiger charge is -2.14. The lowest BCUT2D eigenvalue weighted by atomic mass is 9.99. The Morgan fingerprint density at radius 2 is 0.516 bits per heavy atom. The summed E-state index contributed by atoms with van der Waals surface area (Å²) in [6, 6.07) is 148. The predicted molar refractivity (Wildman–Crippen MR) is 537 cm³/mol. The van der Waals surface area contributed by atoms with Gasteiger partial charge in [0.1, 0.15) is 48.9 Å². The topological polar surface area (TPSA) is 105 Å². The van der Waals surface area contributed by atoms with Crippen LogP contribution in [0.5, 0.6) is 0 Å². The summed E-state index contributed by atoms with van der Waals surface area (Å²) in [5.74, 6) is 2.45. The first-order chi connectivity index (χ1) is 63.4. The van der Waals surface area contributed by atoms with E-state index in [0.29, 0.717) is 5.71 Å². The van der Waals surface area contributed by atoms with E-state index in [-0.39, 0.29) is 0 Å². The molecule has 10 nitrogen and oxygen atoms in total. The van der Waals surface area contributed by atoms with Gasteiger partial charge in [-0.1, -0.05) is 334 Å². The predicted octanol–water partition coefficient (Wildman–Crippen LogP) is 31.5. The first-order valence-corrected chi connectivity index (χ1v) is 44.7. The summed E-state index contributed by atoms with van der Waals surface area (Å²) in [6.45, 7) is 0. The monoisotopic (exact) mass is 1670 g/mol. The summed E-state index contributed by atoms with van der Waals surface area (Å²) < 4.78 is 15.6. The molecule has 9 heterocycles. The van der Waals surface area contributed by atoms with E-state index in [1.165, 1.54) is 112 Å². The second-order valence-electron chi connectivity index (χ2n) is 32.8. The number of rotatable bonds is 8. The molecule has 0 amide bonds. The van der Waals surface area contributed by atoms with E-state index >= 15 is 0 Å². The fraction of sp³-hybridized carbons (Fsp3) is 0. The molecule has 12 heteroatoms. The Bertz CT molecular complexity index is 9060. The van der Waals surface area contributed by atoms with Crippen molar-refractivity contribution in [1.29, 1.82) is 0 Å². The summed E-state index contributed by atoms with van der Waals surface area (Å²) in [7, 11) is 0. The molecule has 0 unspecified atom stereocenters. The first kappa shape index (κ1) is 72.9. The molecule has 0 N–H and O–H groups in total. The average molecular weight is 1670 g/mol. The summed E-state index contributed by atoms with van der Waals surface area (Å²) >= 11 is 3.41. The molecule has 28 aromatic rings. The van der Waals surface area contributed by atoms with Gasteiger partial charge in [0.15, 0.2) is 17.5 Å². The molecule has 0 aliphatic rings. The van der Waals surface area contributed by atoms with Gasteiger partial charge in [-0.2, -0.15) is 4.98 Å². The van der Waals surface area contributed by atoms with Crippen molar-refractivity contribution in [3.05, 3.63) is 419 Å². The minimum Gasteiger partial charge on any atom is -0.436 e. The van der Waals surface area contributed by atoms with Gasteiger partial charge < -0.3 is 4.42 Å². The van der Waals surface area contributed by atoms with Crippen LogP contribution in [0.2, 0.25) is 0 Å². The number of hydrogen-bond acceptors (Lipinski definition) is 9. The van der Waals surface area contributed by atoms with Gasteiger partial charge in [-0.05, 0) is 161 Å². The van der Waals surface area contributed by atoms with Crippen molar-refractivity contribution in [1.82, 2.24) is 43.6 Å². The molecule has 0 saturated carbocycles. The highest BCUT2D eigenvalue weighted by atomic mass is 32.1. The molecule has 9 aromatic heterocycles. The van der Waals surface area contributed by atoms with Crippen LogP contribution in [0.1, 0.15) is 0 Å². The normalized spacial score (nSPS) is 11.9. The molecule has 128 heavy (non-hydrogen) atoms. The number of hydrogen-bond donors (Lipinski definition) is 0.